The Bertz CT molecular complexity index is 560. The number of benzene rings is 1. The molecule has 2 N–H and O–H groups in total. The van der Waals surface area contributed by atoms with Gasteiger partial charge in [0.15, 0.2) is 0 Å². The first-order chi connectivity index (χ1) is 9.80. The number of nitrogens with zero attached hydrogens (tertiary/aromatic N) is 2. The zero-order chi connectivity index (χ0) is 15.5. The third kappa shape index (κ3) is 4.05. The van der Waals surface area contributed by atoms with Gasteiger partial charge in [0.05, 0.1) is 5.60 Å². The van der Waals surface area contributed by atoms with Crippen molar-refractivity contribution in [2.45, 2.75) is 45.6 Å². The summed E-state index contributed by atoms with van der Waals surface area (Å²) in [4.78, 5) is 4.14. The molecular formula is C16H22ClN3O. The van der Waals surface area contributed by atoms with Crippen molar-refractivity contribution in [3.63, 3.8) is 0 Å². The molecule has 2 rings (SSSR count). The van der Waals surface area contributed by atoms with Gasteiger partial charge in [-0.1, -0.05) is 44.5 Å². The molecule has 4 nitrogen and oxygen atoms in total. The van der Waals surface area contributed by atoms with Crippen LogP contribution < -0.4 is 0 Å². The second-order valence-electron chi connectivity index (χ2n) is 6.52. The zero-order valence-corrected chi connectivity index (χ0v) is 13.5. The summed E-state index contributed by atoms with van der Waals surface area (Å²) in [6.45, 7) is 6.14. The van der Waals surface area contributed by atoms with E-state index in [-0.39, 0.29) is 5.41 Å². The summed E-state index contributed by atoms with van der Waals surface area (Å²) in [5.74, 6) is 0.712. The fraction of sp³-hybridized carbons (Fsp3) is 0.500. The van der Waals surface area contributed by atoms with Crippen molar-refractivity contribution in [3.05, 3.63) is 47.0 Å². The Balaban J connectivity index is 2.11. The predicted octanol–water partition coefficient (Wildman–Crippen LogP) is 3.41. The largest absolute Gasteiger partial charge is 0.389 e. The smallest absolute Gasteiger partial charge is 0.137 e. The summed E-state index contributed by atoms with van der Waals surface area (Å²) in [7, 11) is 0. The SMILES string of the molecule is CC(C)(C)[C@](O)(CCc1ccc(Cl)cc1)Cc1ncn[nH]1. The van der Waals surface area contributed by atoms with Gasteiger partial charge in [0.25, 0.3) is 0 Å². The average Bonchev–Trinajstić information content (AvgIpc) is 2.89. The topological polar surface area (TPSA) is 61.8 Å². The van der Waals surface area contributed by atoms with Gasteiger partial charge >= 0.3 is 0 Å². The molecule has 1 aromatic carbocycles. The predicted molar refractivity (Wildman–Crippen MR) is 84.3 cm³/mol. The van der Waals surface area contributed by atoms with E-state index in [0.717, 1.165) is 11.4 Å². The molecule has 0 radical (unpaired) electrons. The van der Waals surface area contributed by atoms with Crippen LogP contribution in [0, 0.1) is 5.41 Å². The van der Waals surface area contributed by atoms with Gasteiger partial charge in [-0.2, -0.15) is 5.10 Å². The Morgan fingerprint density at radius 1 is 1.19 bits per heavy atom. The summed E-state index contributed by atoms with van der Waals surface area (Å²) in [6.07, 6.45) is 3.37. The number of rotatable bonds is 5. The number of aryl methyl sites for hydroxylation is 1. The number of hydrogen-bond donors (Lipinski definition) is 2. The lowest BCUT2D eigenvalue weighted by Gasteiger charge is -2.40. The summed E-state index contributed by atoms with van der Waals surface area (Å²) in [6, 6.07) is 7.76. The van der Waals surface area contributed by atoms with Gasteiger partial charge in [-0.3, -0.25) is 5.10 Å². The summed E-state index contributed by atoms with van der Waals surface area (Å²) in [5, 5.41) is 18.5. The zero-order valence-electron chi connectivity index (χ0n) is 12.7. The molecule has 5 heteroatoms. The van der Waals surface area contributed by atoms with E-state index in [1.807, 2.05) is 45.0 Å². The third-order valence-electron chi connectivity index (χ3n) is 4.06. The lowest BCUT2D eigenvalue weighted by Crippen LogP contribution is -2.45. The maximum atomic E-state index is 11.1. The van der Waals surface area contributed by atoms with Crippen LogP contribution in [0.5, 0.6) is 0 Å². The number of hydrogen-bond acceptors (Lipinski definition) is 3. The molecule has 0 aliphatic rings. The summed E-state index contributed by atoms with van der Waals surface area (Å²) < 4.78 is 0. The van der Waals surface area contributed by atoms with E-state index in [9.17, 15) is 5.11 Å². The van der Waals surface area contributed by atoms with Crippen molar-refractivity contribution in [3.8, 4) is 0 Å². The van der Waals surface area contributed by atoms with Crippen molar-refractivity contribution < 1.29 is 5.11 Å². The second-order valence-corrected chi connectivity index (χ2v) is 6.95. The minimum Gasteiger partial charge on any atom is -0.389 e. The van der Waals surface area contributed by atoms with Crippen LogP contribution in [0.2, 0.25) is 5.02 Å². The Labute approximate surface area is 130 Å². The first-order valence-electron chi connectivity index (χ1n) is 7.11. The van der Waals surface area contributed by atoms with Crippen LogP contribution in [0.1, 0.15) is 38.6 Å². The molecule has 0 aliphatic carbocycles. The highest BCUT2D eigenvalue weighted by Crippen LogP contribution is 2.36. The van der Waals surface area contributed by atoms with E-state index in [1.165, 1.54) is 11.9 Å². The standard InChI is InChI=1S/C16H22ClN3O/c1-15(2,3)16(21,10-14-18-11-19-20-14)9-8-12-4-6-13(17)7-5-12/h4-7,11,21H,8-10H2,1-3H3,(H,18,19,20)/t16-/m0/s1. The molecule has 1 heterocycles. The molecule has 0 aliphatic heterocycles. The average molecular weight is 308 g/mol. The quantitative estimate of drug-likeness (QED) is 0.890. The highest BCUT2D eigenvalue weighted by atomic mass is 35.5. The van der Waals surface area contributed by atoms with Gasteiger partial charge in [0.1, 0.15) is 12.2 Å². The van der Waals surface area contributed by atoms with E-state index in [2.05, 4.69) is 15.2 Å². The van der Waals surface area contributed by atoms with Crippen molar-refractivity contribution in [1.82, 2.24) is 15.2 Å². The highest BCUT2D eigenvalue weighted by molar-refractivity contribution is 6.30. The number of halogens is 1. The first-order valence-corrected chi connectivity index (χ1v) is 7.49. The van der Waals surface area contributed by atoms with Gasteiger partial charge < -0.3 is 5.11 Å². The van der Waals surface area contributed by atoms with Crippen molar-refractivity contribution in [2.75, 3.05) is 0 Å². The van der Waals surface area contributed by atoms with Crippen molar-refractivity contribution in [2.24, 2.45) is 5.41 Å². The van der Waals surface area contributed by atoms with Crippen LogP contribution in [0.3, 0.4) is 0 Å². The lowest BCUT2D eigenvalue weighted by molar-refractivity contribution is -0.0651. The number of nitrogens with one attached hydrogen (secondary N) is 1. The van der Waals surface area contributed by atoms with Gasteiger partial charge in [-0.05, 0) is 36.0 Å². The van der Waals surface area contributed by atoms with Crippen LogP contribution in [0.4, 0.5) is 0 Å². The van der Waals surface area contributed by atoms with Crippen LogP contribution in [0.15, 0.2) is 30.6 Å². The molecular weight excluding hydrogens is 286 g/mol. The van der Waals surface area contributed by atoms with Gasteiger partial charge in [0.2, 0.25) is 0 Å². The molecule has 114 valence electrons. The molecule has 1 atom stereocenters. The molecule has 2 aromatic rings. The maximum Gasteiger partial charge on any atom is 0.137 e. The van der Waals surface area contributed by atoms with E-state index >= 15 is 0 Å². The number of aliphatic hydroxyl groups is 1. The Morgan fingerprint density at radius 2 is 1.86 bits per heavy atom. The Morgan fingerprint density at radius 3 is 2.38 bits per heavy atom. The van der Waals surface area contributed by atoms with E-state index in [0.29, 0.717) is 18.7 Å². The molecule has 21 heavy (non-hydrogen) atoms. The Kier molecular flexibility index (Phi) is 4.69. The molecule has 0 fully saturated rings. The third-order valence-corrected chi connectivity index (χ3v) is 4.31. The Hall–Kier alpha value is -1.39. The van der Waals surface area contributed by atoms with Crippen molar-refractivity contribution >= 4 is 11.6 Å². The van der Waals surface area contributed by atoms with Gasteiger partial charge in [-0.25, -0.2) is 4.98 Å². The van der Waals surface area contributed by atoms with Crippen LogP contribution in [-0.2, 0) is 12.8 Å². The summed E-state index contributed by atoms with van der Waals surface area (Å²) in [5.41, 5.74) is 0.0536. The molecule has 0 saturated heterocycles. The minimum atomic E-state index is -0.855. The molecule has 1 aromatic heterocycles. The normalized spacial score (nSPS) is 14.9. The molecule has 0 unspecified atom stereocenters. The van der Waals surface area contributed by atoms with E-state index in [1.54, 1.807) is 0 Å². The number of H-pyrrole nitrogens is 1. The van der Waals surface area contributed by atoms with Crippen LogP contribution in [-0.4, -0.2) is 25.9 Å². The second kappa shape index (κ2) is 6.16. The fourth-order valence-electron chi connectivity index (χ4n) is 2.32. The number of aromatic amines is 1. The minimum absolute atomic E-state index is 0.258. The van der Waals surface area contributed by atoms with Crippen molar-refractivity contribution in [1.29, 1.82) is 0 Å². The maximum absolute atomic E-state index is 11.1. The number of aromatic nitrogens is 3. The van der Waals surface area contributed by atoms with E-state index in [4.69, 9.17) is 11.6 Å². The molecule has 0 bridgehead atoms. The molecule has 0 spiro atoms. The van der Waals surface area contributed by atoms with E-state index < -0.39 is 5.60 Å². The summed E-state index contributed by atoms with van der Waals surface area (Å²) >= 11 is 5.90. The lowest BCUT2D eigenvalue weighted by atomic mass is 9.71. The highest BCUT2D eigenvalue weighted by Gasteiger charge is 2.40. The van der Waals surface area contributed by atoms with Crippen LogP contribution >= 0.6 is 11.6 Å². The monoisotopic (exact) mass is 307 g/mol. The van der Waals surface area contributed by atoms with Gasteiger partial charge in [0, 0.05) is 11.4 Å². The fourth-order valence-corrected chi connectivity index (χ4v) is 2.45. The molecule has 0 amide bonds. The molecule has 0 saturated carbocycles. The van der Waals surface area contributed by atoms with Crippen LogP contribution in [0.25, 0.3) is 0 Å². The first kappa shape index (κ1) is 16.0. The van der Waals surface area contributed by atoms with Gasteiger partial charge in [-0.15, -0.1) is 0 Å².